The van der Waals surface area contributed by atoms with Crippen molar-refractivity contribution < 1.29 is 5.11 Å². The van der Waals surface area contributed by atoms with Crippen molar-refractivity contribution in [1.29, 1.82) is 0 Å². The van der Waals surface area contributed by atoms with Gasteiger partial charge in [0.15, 0.2) is 0 Å². The Kier molecular flexibility index (Phi) is 3.45. The Balaban J connectivity index is 1.83. The summed E-state index contributed by atoms with van der Waals surface area (Å²) in [4.78, 5) is 2.57. The predicted molar refractivity (Wildman–Crippen MR) is 58.2 cm³/mol. The summed E-state index contributed by atoms with van der Waals surface area (Å²) in [7, 11) is 0. The molecule has 2 heteroatoms. The molecule has 0 spiro atoms. The molecular weight excluding hydrogens is 174 g/mol. The lowest BCUT2D eigenvalue weighted by Crippen LogP contribution is -2.38. The fraction of sp³-hybridized carbons (Fsp3) is 1.00. The zero-order valence-electron chi connectivity index (χ0n) is 9.28. The van der Waals surface area contributed by atoms with Crippen LogP contribution in [0.4, 0.5) is 0 Å². The minimum atomic E-state index is -0.0171. The number of aliphatic hydroxyl groups excluding tert-OH is 1. The van der Waals surface area contributed by atoms with Crippen LogP contribution < -0.4 is 0 Å². The van der Waals surface area contributed by atoms with Crippen LogP contribution in [0.2, 0.25) is 0 Å². The molecule has 1 aliphatic carbocycles. The fourth-order valence-electron chi connectivity index (χ4n) is 2.97. The van der Waals surface area contributed by atoms with Gasteiger partial charge in [-0.1, -0.05) is 12.8 Å². The van der Waals surface area contributed by atoms with Crippen molar-refractivity contribution in [3.05, 3.63) is 0 Å². The molecule has 1 saturated carbocycles. The maximum absolute atomic E-state index is 9.89. The second kappa shape index (κ2) is 4.63. The molecule has 0 aromatic heterocycles. The van der Waals surface area contributed by atoms with Gasteiger partial charge in [-0.25, -0.2) is 0 Å². The lowest BCUT2D eigenvalue weighted by molar-refractivity contribution is 0.0452. The molecule has 1 N–H and O–H groups in total. The Hall–Kier alpha value is -0.0800. The minimum Gasteiger partial charge on any atom is -0.393 e. The maximum atomic E-state index is 9.89. The van der Waals surface area contributed by atoms with E-state index in [9.17, 15) is 5.11 Å². The highest BCUT2D eigenvalue weighted by atomic mass is 16.3. The number of rotatable bonds is 2. The number of likely N-dealkylation sites (tertiary alicyclic amines) is 1. The number of aliphatic hydroxyl groups is 1. The second-order valence-electron chi connectivity index (χ2n) is 5.10. The summed E-state index contributed by atoms with van der Waals surface area (Å²) in [6.07, 6.45) is 7.51. The van der Waals surface area contributed by atoms with Gasteiger partial charge in [0.2, 0.25) is 0 Å². The Morgan fingerprint density at radius 3 is 2.57 bits per heavy atom. The summed E-state index contributed by atoms with van der Waals surface area (Å²) < 4.78 is 0. The standard InChI is InChI=1S/C12H23NO/c1-10-5-4-8-13(10)9-11-6-2-3-7-12(11)14/h10-12,14H,2-9H2,1H3. The highest BCUT2D eigenvalue weighted by Crippen LogP contribution is 2.27. The minimum absolute atomic E-state index is 0.0171. The zero-order valence-corrected chi connectivity index (χ0v) is 9.28. The van der Waals surface area contributed by atoms with Crippen LogP contribution in [0.25, 0.3) is 0 Å². The van der Waals surface area contributed by atoms with Crippen molar-refractivity contribution in [1.82, 2.24) is 4.90 Å². The molecule has 82 valence electrons. The summed E-state index contributed by atoms with van der Waals surface area (Å²) in [5, 5.41) is 9.89. The van der Waals surface area contributed by atoms with Gasteiger partial charge in [-0.15, -0.1) is 0 Å². The van der Waals surface area contributed by atoms with Crippen LogP contribution in [0, 0.1) is 5.92 Å². The van der Waals surface area contributed by atoms with E-state index in [4.69, 9.17) is 0 Å². The predicted octanol–water partition coefficient (Wildman–Crippen LogP) is 2.02. The van der Waals surface area contributed by atoms with E-state index in [0.29, 0.717) is 5.92 Å². The molecule has 2 nitrogen and oxygen atoms in total. The molecule has 1 saturated heterocycles. The number of hydrogen-bond donors (Lipinski definition) is 1. The normalized spacial score (nSPS) is 40.3. The van der Waals surface area contributed by atoms with Crippen molar-refractivity contribution in [2.45, 2.75) is 57.6 Å². The van der Waals surface area contributed by atoms with Gasteiger partial charge in [0.25, 0.3) is 0 Å². The molecule has 1 heterocycles. The van der Waals surface area contributed by atoms with Crippen molar-refractivity contribution in [2.75, 3.05) is 13.1 Å². The Morgan fingerprint density at radius 2 is 1.93 bits per heavy atom. The second-order valence-corrected chi connectivity index (χ2v) is 5.10. The molecule has 14 heavy (non-hydrogen) atoms. The van der Waals surface area contributed by atoms with Crippen LogP contribution in [0.3, 0.4) is 0 Å². The van der Waals surface area contributed by atoms with E-state index < -0.39 is 0 Å². The average molecular weight is 197 g/mol. The highest BCUT2D eigenvalue weighted by molar-refractivity contribution is 4.82. The SMILES string of the molecule is CC1CCCN1CC1CCCCC1O. The summed E-state index contributed by atoms with van der Waals surface area (Å²) in [6.45, 7) is 4.72. The first-order valence-corrected chi connectivity index (χ1v) is 6.19. The Labute approximate surface area is 87.3 Å². The highest BCUT2D eigenvalue weighted by Gasteiger charge is 2.28. The monoisotopic (exact) mass is 197 g/mol. The molecule has 1 aliphatic heterocycles. The van der Waals surface area contributed by atoms with Crippen molar-refractivity contribution in [2.24, 2.45) is 5.92 Å². The lowest BCUT2D eigenvalue weighted by Gasteiger charge is -2.32. The topological polar surface area (TPSA) is 23.5 Å². The van der Waals surface area contributed by atoms with Gasteiger partial charge in [-0.3, -0.25) is 0 Å². The van der Waals surface area contributed by atoms with Gasteiger partial charge in [0.05, 0.1) is 6.10 Å². The van der Waals surface area contributed by atoms with Crippen LogP contribution in [-0.2, 0) is 0 Å². The average Bonchev–Trinajstić information content (AvgIpc) is 2.56. The van der Waals surface area contributed by atoms with Crippen LogP contribution in [0.15, 0.2) is 0 Å². The first-order chi connectivity index (χ1) is 6.77. The quantitative estimate of drug-likeness (QED) is 0.732. The van der Waals surface area contributed by atoms with Gasteiger partial charge in [0, 0.05) is 12.6 Å². The van der Waals surface area contributed by atoms with Crippen LogP contribution in [0.1, 0.15) is 45.4 Å². The third-order valence-corrected chi connectivity index (χ3v) is 4.03. The third kappa shape index (κ3) is 2.29. The molecule has 0 aromatic carbocycles. The van der Waals surface area contributed by atoms with E-state index in [0.717, 1.165) is 19.0 Å². The maximum Gasteiger partial charge on any atom is 0.0580 e. The molecule has 2 fully saturated rings. The molecule has 3 atom stereocenters. The van der Waals surface area contributed by atoms with E-state index in [2.05, 4.69) is 11.8 Å². The van der Waals surface area contributed by atoms with Crippen LogP contribution in [0.5, 0.6) is 0 Å². The molecule has 0 radical (unpaired) electrons. The van der Waals surface area contributed by atoms with Crippen molar-refractivity contribution in [3.63, 3.8) is 0 Å². The van der Waals surface area contributed by atoms with E-state index in [1.165, 1.54) is 38.6 Å². The summed E-state index contributed by atoms with van der Waals surface area (Å²) in [5.74, 6) is 0.560. The van der Waals surface area contributed by atoms with Gasteiger partial charge in [-0.2, -0.15) is 0 Å². The molecular formula is C12H23NO. The summed E-state index contributed by atoms with van der Waals surface area (Å²) in [5.41, 5.74) is 0. The molecule has 0 aromatic rings. The number of nitrogens with zero attached hydrogens (tertiary/aromatic N) is 1. The van der Waals surface area contributed by atoms with Crippen molar-refractivity contribution in [3.8, 4) is 0 Å². The van der Waals surface area contributed by atoms with Gasteiger partial charge in [-0.05, 0) is 45.1 Å². The zero-order chi connectivity index (χ0) is 9.97. The largest absolute Gasteiger partial charge is 0.393 e. The van der Waals surface area contributed by atoms with E-state index in [1.54, 1.807) is 0 Å². The Morgan fingerprint density at radius 1 is 1.14 bits per heavy atom. The van der Waals surface area contributed by atoms with Crippen LogP contribution >= 0.6 is 0 Å². The molecule has 2 rings (SSSR count). The summed E-state index contributed by atoms with van der Waals surface area (Å²) >= 11 is 0. The third-order valence-electron chi connectivity index (χ3n) is 4.03. The molecule has 3 unspecified atom stereocenters. The van der Waals surface area contributed by atoms with Gasteiger partial charge in [0.1, 0.15) is 0 Å². The molecule has 2 aliphatic rings. The smallest absolute Gasteiger partial charge is 0.0580 e. The van der Waals surface area contributed by atoms with Gasteiger partial charge < -0.3 is 10.0 Å². The molecule has 0 amide bonds. The Bertz CT molecular complexity index is 183. The van der Waals surface area contributed by atoms with Gasteiger partial charge >= 0.3 is 0 Å². The first kappa shape index (κ1) is 10.4. The lowest BCUT2D eigenvalue weighted by atomic mass is 9.86. The van der Waals surface area contributed by atoms with E-state index in [-0.39, 0.29) is 6.10 Å². The fourth-order valence-corrected chi connectivity index (χ4v) is 2.97. The first-order valence-electron chi connectivity index (χ1n) is 6.19. The number of hydrogen-bond acceptors (Lipinski definition) is 2. The van der Waals surface area contributed by atoms with Crippen LogP contribution in [-0.4, -0.2) is 35.2 Å². The van der Waals surface area contributed by atoms with Crippen molar-refractivity contribution >= 4 is 0 Å². The molecule has 0 bridgehead atoms. The summed E-state index contributed by atoms with van der Waals surface area (Å²) in [6, 6.07) is 0.754. The van der Waals surface area contributed by atoms with E-state index in [1.807, 2.05) is 0 Å². The van der Waals surface area contributed by atoms with E-state index >= 15 is 0 Å².